The van der Waals surface area contributed by atoms with E-state index in [1.807, 2.05) is 12.1 Å². The van der Waals surface area contributed by atoms with Crippen molar-refractivity contribution in [2.75, 3.05) is 12.9 Å². The van der Waals surface area contributed by atoms with Crippen molar-refractivity contribution in [2.24, 2.45) is 4.99 Å². The highest BCUT2D eigenvalue weighted by atomic mass is 32.2. The van der Waals surface area contributed by atoms with Crippen LogP contribution >= 0.6 is 11.8 Å². The van der Waals surface area contributed by atoms with Gasteiger partial charge in [-0.05, 0) is 31.4 Å². The van der Waals surface area contributed by atoms with Gasteiger partial charge in [-0.3, -0.25) is 4.99 Å². The summed E-state index contributed by atoms with van der Waals surface area (Å²) in [6.45, 7) is 5.14. The lowest BCUT2D eigenvalue weighted by Crippen LogP contribution is -2.48. The Balaban J connectivity index is 2.01. The summed E-state index contributed by atoms with van der Waals surface area (Å²) in [7, 11) is 1.63. The number of rotatable bonds is 4. The number of amidine groups is 1. The first-order chi connectivity index (χ1) is 9.15. The summed E-state index contributed by atoms with van der Waals surface area (Å²) in [5.74, 6) is 1.77. The Labute approximate surface area is 119 Å². The predicted molar refractivity (Wildman–Crippen MR) is 80.8 cm³/mol. The second kappa shape index (κ2) is 6.28. The Morgan fingerprint density at radius 3 is 3.16 bits per heavy atom. The summed E-state index contributed by atoms with van der Waals surface area (Å²) in [6, 6.07) is 3.90. The highest BCUT2D eigenvalue weighted by molar-refractivity contribution is 8.13. The van der Waals surface area contributed by atoms with Crippen LogP contribution in [0.1, 0.15) is 32.3 Å². The van der Waals surface area contributed by atoms with E-state index in [4.69, 9.17) is 4.74 Å². The van der Waals surface area contributed by atoms with Gasteiger partial charge in [0.05, 0.1) is 13.7 Å². The average molecular weight is 279 g/mol. The normalized spacial score (nSPS) is 25.1. The van der Waals surface area contributed by atoms with Crippen LogP contribution in [-0.2, 0) is 6.54 Å². The van der Waals surface area contributed by atoms with E-state index in [1.54, 1.807) is 25.1 Å². The molecular formula is C14H21N3OS. The van der Waals surface area contributed by atoms with Crippen LogP contribution in [0.4, 0.5) is 0 Å². The predicted octanol–water partition coefficient (Wildman–Crippen LogP) is 2.84. The fourth-order valence-electron chi connectivity index (χ4n) is 1.90. The van der Waals surface area contributed by atoms with E-state index < -0.39 is 0 Å². The summed E-state index contributed by atoms with van der Waals surface area (Å²) in [5, 5.41) is 4.59. The van der Waals surface area contributed by atoms with Crippen LogP contribution in [0.25, 0.3) is 0 Å². The third kappa shape index (κ3) is 3.86. The number of thioether (sulfide) groups is 1. The molecule has 1 fully saturated rings. The molecule has 5 heteroatoms. The molecule has 1 saturated heterocycles. The molecule has 0 amide bonds. The second-order valence-corrected chi connectivity index (χ2v) is 6.05. The van der Waals surface area contributed by atoms with Gasteiger partial charge >= 0.3 is 0 Å². The Bertz CT molecular complexity index is 464. The van der Waals surface area contributed by atoms with Crippen molar-refractivity contribution in [1.82, 2.24) is 10.3 Å². The van der Waals surface area contributed by atoms with Crippen LogP contribution in [0.3, 0.4) is 0 Å². The molecule has 1 aliphatic rings. The topological polar surface area (TPSA) is 46.5 Å². The highest BCUT2D eigenvalue weighted by Gasteiger charge is 2.27. The Kier molecular flexibility index (Phi) is 4.69. The van der Waals surface area contributed by atoms with Gasteiger partial charge in [0.15, 0.2) is 5.17 Å². The molecule has 104 valence electrons. The van der Waals surface area contributed by atoms with Gasteiger partial charge in [0.25, 0.3) is 0 Å². The van der Waals surface area contributed by atoms with E-state index in [2.05, 4.69) is 29.1 Å². The largest absolute Gasteiger partial charge is 0.481 e. The van der Waals surface area contributed by atoms with Crippen LogP contribution in [0.5, 0.6) is 5.88 Å². The molecule has 0 saturated carbocycles. The average Bonchev–Trinajstić information content (AvgIpc) is 2.45. The zero-order valence-electron chi connectivity index (χ0n) is 11.8. The lowest BCUT2D eigenvalue weighted by molar-refractivity contribution is 0.389. The molecule has 1 unspecified atom stereocenters. The van der Waals surface area contributed by atoms with Gasteiger partial charge in [0.2, 0.25) is 5.88 Å². The summed E-state index contributed by atoms with van der Waals surface area (Å²) >= 11 is 1.80. The fraction of sp³-hybridized carbons (Fsp3) is 0.571. The van der Waals surface area contributed by atoms with Crippen molar-refractivity contribution in [2.45, 2.75) is 38.8 Å². The summed E-state index contributed by atoms with van der Waals surface area (Å²) in [6.07, 6.45) is 4.07. The van der Waals surface area contributed by atoms with E-state index >= 15 is 0 Å². The number of ether oxygens (including phenoxy) is 1. The van der Waals surface area contributed by atoms with Crippen LogP contribution in [0, 0.1) is 0 Å². The van der Waals surface area contributed by atoms with E-state index in [1.165, 1.54) is 6.42 Å². The standard InChI is InChI=1S/C14H21N3OS/c1-4-14(2)6-8-19-13(17-14)16-10-11-5-7-15-12(9-11)18-3/h5,7,9H,4,6,8,10H2,1-3H3,(H,16,17). The minimum Gasteiger partial charge on any atom is -0.481 e. The molecule has 4 nitrogen and oxygen atoms in total. The second-order valence-electron chi connectivity index (χ2n) is 4.97. The van der Waals surface area contributed by atoms with Gasteiger partial charge in [-0.15, -0.1) is 0 Å². The van der Waals surface area contributed by atoms with Crippen molar-refractivity contribution in [1.29, 1.82) is 0 Å². The summed E-state index contributed by atoms with van der Waals surface area (Å²) in [4.78, 5) is 8.75. The summed E-state index contributed by atoms with van der Waals surface area (Å²) < 4.78 is 5.12. The van der Waals surface area contributed by atoms with Crippen molar-refractivity contribution < 1.29 is 4.74 Å². The van der Waals surface area contributed by atoms with Gasteiger partial charge in [-0.1, -0.05) is 18.7 Å². The van der Waals surface area contributed by atoms with E-state index in [0.29, 0.717) is 12.4 Å². The van der Waals surface area contributed by atoms with E-state index in [0.717, 1.165) is 22.9 Å². The smallest absolute Gasteiger partial charge is 0.213 e. The maximum Gasteiger partial charge on any atom is 0.213 e. The lowest BCUT2D eigenvalue weighted by Gasteiger charge is -2.35. The molecule has 2 heterocycles. The minimum atomic E-state index is 0.194. The molecule has 0 bridgehead atoms. The molecule has 0 spiro atoms. The van der Waals surface area contributed by atoms with Gasteiger partial charge < -0.3 is 10.1 Å². The van der Waals surface area contributed by atoms with Gasteiger partial charge in [0.1, 0.15) is 0 Å². The van der Waals surface area contributed by atoms with Crippen molar-refractivity contribution in [3.8, 4) is 5.88 Å². The third-order valence-corrected chi connectivity index (χ3v) is 4.41. The van der Waals surface area contributed by atoms with Gasteiger partial charge in [-0.2, -0.15) is 0 Å². The number of hydrogen-bond donors (Lipinski definition) is 1. The zero-order chi connectivity index (χ0) is 13.7. The van der Waals surface area contributed by atoms with E-state index in [9.17, 15) is 0 Å². The molecule has 1 aromatic rings. The van der Waals surface area contributed by atoms with Crippen LogP contribution in [0.2, 0.25) is 0 Å². The molecule has 1 atom stereocenters. The molecule has 0 radical (unpaired) electrons. The highest BCUT2D eigenvalue weighted by Crippen LogP contribution is 2.25. The fourth-order valence-corrected chi connectivity index (χ4v) is 3.12. The van der Waals surface area contributed by atoms with Crippen LogP contribution in [0.15, 0.2) is 23.3 Å². The Hall–Kier alpha value is -1.23. The van der Waals surface area contributed by atoms with E-state index in [-0.39, 0.29) is 5.54 Å². The number of aliphatic imine (C=N–C) groups is 1. The number of pyridine rings is 1. The first-order valence-electron chi connectivity index (χ1n) is 6.59. The molecule has 19 heavy (non-hydrogen) atoms. The number of aromatic nitrogens is 1. The van der Waals surface area contributed by atoms with Crippen LogP contribution in [-0.4, -0.2) is 28.6 Å². The van der Waals surface area contributed by atoms with Crippen LogP contribution < -0.4 is 10.1 Å². The number of nitrogens with one attached hydrogen (secondary N) is 1. The molecule has 2 rings (SSSR count). The molecular weight excluding hydrogens is 258 g/mol. The van der Waals surface area contributed by atoms with Crippen molar-refractivity contribution in [3.63, 3.8) is 0 Å². The maximum absolute atomic E-state index is 5.12. The number of nitrogens with zero attached hydrogens (tertiary/aromatic N) is 2. The Morgan fingerprint density at radius 1 is 1.58 bits per heavy atom. The molecule has 1 N–H and O–H groups in total. The molecule has 0 aromatic carbocycles. The zero-order valence-corrected chi connectivity index (χ0v) is 12.6. The van der Waals surface area contributed by atoms with Gasteiger partial charge in [0, 0.05) is 23.6 Å². The lowest BCUT2D eigenvalue weighted by atomic mass is 9.96. The monoisotopic (exact) mass is 279 g/mol. The van der Waals surface area contributed by atoms with Gasteiger partial charge in [-0.25, -0.2) is 4.98 Å². The quantitative estimate of drug-likeness (QED) is 0.920. The molecule has 1 aromatic heterocycles. The first-order valence-corrected chi connectivity index (χ1v) is 7.58. The minimum absolute atomic E-state index is 0.194. The number of methoxy groups -OCH3 is 1. The third-order valence-electron chi connectivity index (χ3n) is 3.50. The maximum atomic E-state index is 5.12. The SMILES string of the molecule is CCC1(C)CCSC(=NCc2ccnc(OC)c2)N1. The molecule has 1 aliphatic heterocycles. The van der Waals surface area contributed by atoms with Crippen molar-refractivity contribution in [3.05, 3.63) is 23.9 Å². The number of hydrogen-bond acceptors (Lipinski definition) is 4. The summed E-state index contributed by atoms with van der Waals surface area (Å²) in [5.41, 5.74) is 1.31. The van der Waals surface area contributed by atoms with Crippen molar-refractivity contribution >= 4 is 16.9 Å². The molecule has 0 aliphatic carbocycles. The first kappa shape index (κ1) is 14.2. The Morgan fingerprint density at radius 2 is 2.42 bits per heavy atom.